The van der Waals surface area contributed by atoms with Crippen molar-refractivity contribution in [3.05, 3.63) is 59.7 Å². The Bertz CT molecular complexity index is 870. The van der Waals surface area contributed by atoms with E-state index in [1.54, 1.807) is 12.1 Å². The Morgan fingerprint density at radius 1 is 0.806 bits per heavy atom. The molecular weight excluding hydrogens is 386 g/mol. The van der Waals surface area contributed by atoms with Crippen molar-refractivity contribution < 1.29 is 9.90 Å². The first-order valence-electron chi connectivity index (χ1n) is 11.3. The van der Waals surface area contributed by atoms with Crippen LogP contribution in [0.25, 0.3) is 0 Å². The molecule has 1 N–H and O–H groups in total. The van der Waals surface area contributed by atoms with Crippen LogP contribution in [0, 0.1) is 23.2 Å². The predicted octanol–water partition coefficient (Wildman–Crippen LogP) is 5.42. The number of hydrogen-bond acceptors (Lipinski definition) is 4. The van der Waals surface area contributed by atoms with Crippen molar-refractivity contribution in [2.45, 2.75) is 39.5 Å². The quantitative estimate of drug-likeness (QED) is 0.720. The molecule has 4 rings (SSSR count). The summed E-state index contributed by atoms with van der Waals surface area (Å²) in [5, 5.41) is 17.5. The lowest BCUT2D eigenvalue weighted by molar-refractivity contribution is 0.0697. The molecule has 5 heteroatoms. The number of rotatable bonds is 3. The fourth-order valence-corrected chi connectivity index (χ4v) is 4.10. The molecule has 0 aromatic heterocycles. The third-order valence-electron chi connectivity index (χ3n) is 6.41. The van der Waals surface area contributed by atoms with E-state index in [0.29, 0.717) is 5.56 Å². The van der Waals surface area contributed by atoms with Crippen molar-refractivity contribution in [3.63, 3.8) is 0 Å². The van der Waals surface area contributed by atoms with Crippen LogP contribution in [0.15, 0.2) is 48.5 Å². The second-order valence-corrected chi connectivity index (χ2v) is 8.85. The molecule has 0 saturated carbocycles. The van der Waals surface area contributed by atoms with E-state index in [-0.39, 0.29) is 0 Å². The lowest BCUT2D eigenvalue weighted by Crippen LogP contribution is -2.32. The highest BCUT2D eigenvalue weighted by Gasteiger charge is 2.16. The van der Waals surface area contributed by atoms with Crippen LogP contribution in [-0.4, -0.2) is 37.3 Å². The topological polar surface area (TPSA) is 67.6 Å². The van der Waals surface area contributed by atoms with Crippen molar-refractivity contribution in [2.75, 3.05) is 36.0 Å². The van der Waals surface area contributed by atoms with E-state index >= 15 is 0 Å². The van der Waals surface area contributed by atoms with Gasteiger partial charge in [-0.1, -0.05) is 13.8 Å². The van der Waals surface area contributed by atoms with Gasteiger partial charge in [-0.15, -0.1) is 0 Å². The molecule has 0 amide bonds. The number of carbonyl (C=O) groups is 1. The van der Waals surface area contributed by atoms with Crippen LogP contribution >= 0.6 is 0 Å². The smallest absolute Gasteiger partial charge is 0.335 e. The van der Waals surface area contributed by atoms with Gasteiger partial charge in [0, 0.05) is 37.6 Å². The van der Waals surface area contributed by atoms with Gasteiger partial charge < -0.3 is 14.9 Å². The Morgan fingerprint density at radius 3 is 1.55 bits per heavy atom. The molecule has 2 aromatic rings. The molecule has 2 aliphatic heterocycles. The summed E-state index contributed by atoms with van der Waals surface area (Å²) in [6, 6.07) is 17.2. The van der Waals surface area contributed by atoms with Gasteiger partial charge in [-0.05, 0) is 86.1 Å². The minimum absolute atomic E-state index is 0.356. The van der Waals surface area contributed by atoms with Gasteiger partial charge in [0.2, 0.25) is 0 Å². The van der Waals surface area contributed by atoms with Crippen molar-refractivity contribution in [1.82, 2.24) is 0 Å². The number of aromatic carboxylic acids is 1. The summed E-state index contributed by atoms with van der Waals surface area (Å²) in [6.45, 7) is 9.04. The monoisotopic (exact) mass is 419 g/mol. The molecule has 2 aliphatic rings. The van der Waals surface area contributed by atoms with Gasteiger partial charge in [0.25, 0.3) is 0 Å². The Hall–Kier alpha value is -3.00. The number of benzene rings is 2. The van der Waals surface area contributed by atoms with Crippen LogP contribution < -0.4 is 9.80 Å². The normalized spacial score (nSPS) is 17.5. The standard InChI is InChI=1S/C13H16N2.C13H17NO2/c1-11-6-8-15(9-7-11)13-4-2-12(10-14)3-5-13;1-10-6-8-14(9-7-10)12-4-2-11(3-5-12)13(15)16/h2-5,11H,6-9H2,1H3;2-5,10H,6-9H2,1H3,(H,15,16). The third-order valence-corrected chi connectivity index (χ3v) is 6.41. The highest BCUT2D eigenvalue weighted by molar-refractivity contribution is 5.88. The second-order valence-electron chi connectivity index (χ2n) is 8.85. The molecule has 0 bridgehead atoms. The summed E-state index contributed by atoms with van der Waals surface area (Å²) in [4.78, 5) is 15.4. The third kappa shape index (κ3) is 6.49. The molecule has 0 unspecified atom stereocenters. The van der Waals surface area contributed by atoms with Gasteiger partial charge in [0.05, 0.1) is 17.2 Å². The van der Waals surface area contributed by atoms with E-state index in [9.17, 15) is 4.79 Å². The summed E-state index contributed by atoms with van der Waals surface area (Å²) < 4.78 is 0. The minimum Gasteiger partial charge on any atom is -0.478 e. The number of nitriles is 1. The highest BCUT2D eigenvalue weighted by atomic mass is 16.4. The summed E-state index contributed by atoms with van der Waals surface area (Å²) in [6.07, 6.45) is 5.00. The molecule has 2 heterocycles. The highest BCUT2D eigenvalue weighted by Crippen LogP contribution is 2.24. The fourth-order valence-electron chi connectivity index (χ4n) is 4.10. The average Bonchev–Trinajstić information content (AvgIpc) is 2.81. The average molecular weight is 420 g/mol. The number of hydrogen-bond donors (Lipinski definition) is 1. The van der Waals surface area contributed by atoms with Crippen LogP contribution in [-0.2, 0) is 0 Å². The van der Waals surface area contributed by atoms with Gasteiger partial charge in [0.15, 0.2) is 0 Å². The molecule has 2 fully saturated rings. The van der Waals surface area contributed by atoms with Crippen molar-refractivity contribution >= 4 is 17.3 Å². The molecule has 0 radical (unpaired) electrons. The Balaban J connectivity index is 0.000000176. The van der Waals surface area contributed by atoms with Gasteiger partial charge >= 0.3 is 5.97 Å². The zero-order chi connectivity index (χ0) is 22.2. The Kier molecular flexibility index (Phi) is 7.94. The first-order chi connectivity index (χ1) is 15.0. The van der Waals surface area contributed by atoms with Gasteiger partial charge in [-0.25, -0.2) is 4.79 Å². The SMILES string of the molecule is CC1CCN(c2ccc(C#N)cc2)CC1.CC1CCN(c2ccc(C(=O)O)cc2)CC1. The zero-order valence-electron chi connectivity index (χ0n) is 18.6. The number of nitrogens with zero attached hydrogens (tertiary/aromatic N) is 3. The molecule has 2 saturated heterocycles. The fraction of sp³-hybridized carbons (Fsp3) is 0.462. The lowest BCUT2D eigenvalue weighted by atomic mass is 9.99. The molecule has 5 nitrogen and oxygen atoms in total. The molecule has 2 aromatic carbocycles. The summed E-state index contributed by atoms with van der Waals surface area (Å²) in [5.41, 5.74) is 3.48. The van der Waals surface area contributed by atoms with Crippen molar-refractivity contribution in [2.24, 2.45) is 11.8 Å². The lowest BCUT2D eigenvalue weighted by Gasteiger charge is -2.32. The molecular formula is C26H33N3O2. The van der Waals surface area contributed by atoms with Gasteiger partial charge in [-0.2, -0.15) is 5.26 Å². The molecule has 31 heavy (non-hydrogen) atoms. The molecule has 0 aliphatic carbocycles. The van der Waals surface area contributed by atoms with Crippen LogP contribution in [0.3, 0.4) is 0 Å². The Morgan fingerprint density at radius 2 is 1.19 bits per heavy atom. The van der Waals surface area contributed by atoms with Crippen molar-refractivity contribution in [3.8, 4) is 6.07 Å². The van der Waals surface area contributed by atoms with E-state index in [1.165, 1.54) is 31.4 Å². The zero-order valence-corrected chi connectivity index (χ0v) is 18.6. The Labute approximate surface area is 185 Å². The van der Waals surface area contributed by atoms with Crippen molar-refractivity contribution in [1.29, 1.82) is 5.26 Å². The van der Waals surface area contributed by atoms with E-state index < -0.39 is 5.97 Å². The summed E-state index contributed by atoms with van der Waals surface area (Å²) in [5.74, 6) is 0.813. The van der Waals surface area contributed by atoms with Gasteiger partial charge in [0.1, 0.15) is 0 Å². The second kappa shape index (κ2) is 10.9. The van der Waals surface area contributed by atoms with E-state index in [1.807, 2.05) is 24.3 Å². The van der Waals surface area contributed by atoms with Gasteiger partial charge in [-0.3, -0.25) is 0 Å². The number of anilines is 2. The van der Waals surface area contributed by atoms with Crippen LogP contribution in [0.2, 0.25) is 0 Å². The van der Waals surface area contributed by atoms with Crippen LogP contribution in [0.5, 0.6) is 0 Å². The maximum Gasteiger partial charge on any atom is 0.335 e. The van der Waals surface area contributed by atoms with Crippen LogP contribution in [0.4, 0.5) is 11.4 Å². The predicted molar refractivity (Wildman–Crippen MR) is 126 cm³/mol. The molecule has 0 atom stereocenters. The molecule has 0 spiro atoms. The number of piperidine rings is 2. The van der Waals surface area contributed by atoms with Crippen LogP contribution in [0.1, 0.15) is 55.5 Å². The largest absolute Gasteiger partial charge is 0.478 e. The maximum atomic E-state index is 10.7. The number of carboxylic acids is 1. The first-order valence-corrected chi connectivity index (χ1v) is 11.3. The van der Waals surface area contributed by atoms with E-state index in [2.05, 4.69) is 41.8 Å². The number of carboxylic acid groups (broad SMARTS) is 1. The maximum absolute atomic E-state index is 10.7. The molecule has 164 valence electrons. The summed E-state index contributed by atoms with van der Waals surface area (Å²) in [7, 11) is 0. The first kappa shape index (κ1) is 22.7. The van der Waals surface area contributed by atoms with E-state index in [4.69, 9.17) is 10.4 Å². The summed E-state index contributed by atoms with van der Waals surface area (Å²) >= 11 is 0. The minimum atomic E-state index is -0.862. The van der Waals surface area contributed by atoms with E-state index in [0.717, 1.165) is 49.3 Å².